The molecular formula is C15H20N2O2. The lowest BCUT2D eigenvalue weighted by Gasteiger charge is -2.08. The number of hydrogen-bond acceptors (Lipinski definition) is 2. The van der Waals surface area contributed by atoms with Gasteiger partial charge in [-0.15, -0.1) is 0 Å². The van der Waals surface area contributed by atoms with Crippen LogP contribution in [0, 0.1) is 18.8 Å². The maximum Gasteiger partial charge on any atom is 0.319 e. The number of amides is 2. The summed E-state index contributed by atoms with van der Waals surface area (Å²) in [5.74, 6) is 5.46. The van der Waals surface area contributed by atoms with Crippen molar-refractivity contribution in [2.24, 2.45) is 0 Å². The molecule has 1 rings (SSSR count). The predicted molar refractivity (Wildman–Crippen MR) is 77.1 cm³/mol. The summed E-state index contributed by atoms with van der Waals surface area (Å²) < 4.78 is 0. The fraction of sp³-hybridized carbons (Fsp3) is 0.400. The molecule has 0 saturated carbocycles. The van der Waals surface area contributed by atoms with E-state index in [-0.39, 0.29) is 12.6 Å². The SMILES string of the molecule is CCCCNC(=O)Nc1ccc(C#CCO)c(C)c1. The van der Waals surface area contributed by atoms with Gasteiger partial charge >= 0.3 is 6.03 Å². The minimum absolute atomic E-state index is 0.153. The van der Waals surface area contributed by atoms with Crippen LogP contribution in [0.2, 0.25) is 0 Å². The van der Waals surface area contributed by atoms with Crippen LogP contribution in [0.15, 0.2) is 18.2 Å². The zero-order chi connectivity index (χ0) is 14.1. The number of hydrogen-bond donors (Lipinski definition) is 3. The van der Waals surface area contributed by atoms with E-state index in [1.807, 2.05) is 19.1 Å². The standard InChI is InChI=1S/C15H20N2O2/c1-3-4-9-16-15(19)17-14-8-7-13(6-5-10-18)12(2)11-14/h7-8,11,18H,3-4,9-10H2,1-2H3,(H2,16,17,19). The number of carbonyl (C=O) groups excluding carboxylic acids is 1. The molecule has 0 radical (unpaired) electrons. The van der Waals surface area contributed by atoms with Gasteiger partial charge in [0.15, 0.2) is 0 Å². The zero-order valence-electron chi connectivity index (χ0n) is 11.4. The van der Waals surface area contributed by atoms with Gasteiger partial charge in [-0.3, -0.25) is 0 Å². The van der Waals surface area contributed by atoms with Crippen LogP contribution in [0.4, 0.5) is 10.5 Å². The molecule has 1 aromatic carbocycles. The van der Waals surface area contributed by atoms with Crippen molar-refractivity contribution >= 4 is 11.7 Å². The highest BCUT2D eigenvalue weighted by atomic mass is 16.2. The van der Waals surface area contributed by atoms with Crippen LogP contribution < -0.4 is 10.6 Å². The molecule has 0 heterocycles. The predicted octanol–water partition coefficient (Wildman–Crippen LogP) is 2.26. The molecule has 0 spiro atoms. The molecule has 3 N–H and O–H groups in total. The summed E-state index contributed by atoms with van der Waals surface area (Å²) in [5, 5.41) is 14.2. The summed E-state index contributed by atoms with van der Waals surface area (Å²) in [4.78, 5) is 11.6. The van der Waals surface area contributed by atoms with Crippen molar-refractivity contribution in [3.63, 3.8) is 0 Å². The molecule has 0 unspecified atom stereocenters. The Morgan fingerprint density at radius 1 is 1.42 bits per heavy atom. The largest absolute Gasteiger partial charge is 0.384 e. The number of aliphatic hydroxyl groups excluding tert-OH is 1. The summed E-state index contributed by atoms with van der Waals surface area (Å²) in [6, 6.07) is 5.30. The monoisotopic (exact) mass is 260 g/mol. The number of unbranched alkanes of at least 4 members (excludes halogenated alkanes) is 1. The molecular weight excluding hydrogens is 240 g/mol. The molecule has 4 nitrogen and oxygen atoms in total. The minimum atomic E-state index is -0.193. The average Bonchev–Trinajstić information content (AvgIpc) is 2.38. The highest BCUT2D eigenvalue weighted by molar-refractivity contribution is 5.89. The first-order chi connectivity index (χ1) is 9.17. The first-order valence-corrected chi connectivity index (χ1v) is 6.42. The number of aryl methyl sites for hydroxylation is 1. The molecule has 0 aliphatic carbocycles. The van der Waals surface area contributed by atoms with E-state index in [0.29, 0.717) is 6.54 Å². The summed E-state index contributed by atoms with van der Waals surface area (Å²) in [6.07, 6.45) is 2.03. The Hall–Kier alpha value is -1.99. The van der Waals surface area contributed by atoms with Gasteiger partial charge < -0.3 is 15.7 Å². The highest BCUT2D eigenvalue weighted by Gasteiger charge is 2.02. The second-order valence-electron chi connectivity index (χ2n) is 4.22. The maximum absolute atomic E-state index is 11.6. The van der Waals surface area contributed by atoms with Gasteiger partial charge in [-0.1, -0.05) is 25.2 Å². The van der Waals surface area contributed by atoms with E-state index in [1.54, 1.807) is 6.07 Å². The van der Waals surface area contributed by atoms with E-state index in [2.05, 4.69) is 29.4 Å². The molecule has 0 atom stereocenters. The second-order valence-corrected chi connectivity index (χ2v) is 4.22. The fourth-order valence-corrected chi connectivity index (χ4v) is 1.57. The number of rotatable bonds is 4. The third kappa shape index (κ3) is 5.45. The Morgan fingerprint density at radius 3 is 2.84 bits per heavy atom. The molecule has 0 aliphatic rings. The minimum Gasteiger partial charge on any atom is -0.384 e. The van der Waals surface area contributed by atoms with Crippen LogP contribution in [-0.2, 0) is 0 Å². The third-order valence-corrected chi connectivity index (χ3v) is 2.60. The van der Waals surface area contributed by atoms with Crippen molar-refractivity contribution in [2.75, 3.05) is 18.5 Å². The van der Waals surface area contributed by atoms with Crippen molar-refractivity contribution in [1.29, 1.82) is 0 Å². The van der Waals surface area contributed by atoms with Gasteiger partial charge in [0.1, 0.15) is 6.61 Å². The van der Waals surface area contributed by atoms with Crippen LogP contribution in [0.5, 0.6) is 0 Å². The number of carbonyl (C=O) groups is 1. The van der Waals surface area contributed by atoms with Crippen molar-refractivity contribution in [3.8, 4) is 11.8 Å². The van der Waals surface area contributed by atoms with Gasteiger partial charge in [-0.25, -0.2) is 4.79 Å². The molecule has 0 saturated heterocycles. The van der Waals surface area contributed by atoms with Crippen molar-refractivity contribution < 1.29 is 9.90 Å². The number of urea groups is 1. The van der Waals surface area contributed by atoms with E-state index in [9.17, 15) is 4.79 Å². The van der Waals surface area contributed by atoms with E-state index < -0.39 is 0 Å². The van der Waals surface area contributed by atoms with Crippen LogP contribution in [0.3, 0.4) is 0 Å². The topological polar surface area (TPSA) is 61.4 Å². The summed E-state index contributed by atoms with van der Waals surface area (Å²) in [5.41, 5.74) is 2.55. The molecule has 2 amide bonds. The lowest BCUT2D eigenvalue weighted by atomic mass is 10.1. The average molecular weight is 260 g/mol. The molecule has 4 heteroatoms. The van der Waals surface area contributed by atoms with Gasteiger partial charge in [0.25, 0.3) is 0 Å². The zero-order valence-corrected chi connectivity index (χ0v) is 11.4. The van der Waals surface area contributed by atoms with E-state index >= 15 is 0 Å². The molecule has 19 heavy (non-hydrogen) atoms. The van der Waals surface area contributed by atoms with Crippen molar-refractivity contribution in [2.45, 2.75) is 26.7 Å². The van der Waals surface area contributed by atoms with Gasteiger partial charge in [0, 0.05) is 17.8 Å². The van der Waals surface area contributed by atoms with Crippen molar-refractivity contribution in [1.82, 2.24) is 5.32 Å². The van der Waals surface area contributed by atoms with Crippen molar-refractivity contribution in [3.05, 3.63) is 29.3 Å². The highest BCUT2D eigenvalue weighted by Crippen LogP contribution is 2.14. The van der Waals surface area contributed by atoms with Gasteiger partial charge in [0.2, 0.25) is 0 Å². The van der Waals surface area contributed by atoms with Crippen LogP contribution in [-0.4, -0.2) is 24.3 Å². The van der Waals surface area contributed by atoms with Crippen LogP contribution in [0.25, 0.3) is 0 Å². The Kier molecular flexibility index (Phi) is 6.48. The smallest absolute Gasteiger partial charge is 0.319 e. The van der Waals surface area contributed by atoms with E-state index in [0.717, 1.165) is 29.7 Å². The Labute approximate surface area is 114 Å². The molecule has 0 aliphatic heterocycles. The fourth-order valence-electron chi connectivity index (χ4n) is 1.57. The van der Waals surface area contributed by atoms with Crippen LogP contribution in [0.1, 0.15) is 30.9 Å². The lowest BCUT2D eigenvalue weighted by molar-refractivity contribution is 0.252. The Bertz CT molecular complexity index is 487. The normalized spacial score (nSPS) is 9.42. The quantitative estimate of drug-likeness (QED) is 0.574. The number of nitrogens with one attached hydrogen (secondary N) is 2. The van der Waals surface area contributed by atoms with Crippen LogP contribution >= 0.6 is 0 Å². The molecule has 102 valence electrons. The molecule has 0 fully saturated rings. The summed E-state index contributed by atoms with van der Waals surface area (Å²) >= 11 is 0. The first-order valence-electron chi connectivity index (χ1n) is 6.42. The van der Waals surface area contributed by atoms with Gasteiger partial charge in [0.05, 0.1) is 0 Å². The van der Waals surface area contributed by atoms with Gasteiger partial charge in [-0.2, -0.15) is 0 Å². The summed E-state index contributed by atoms with van der Waals surface area (Å²) in [7, 11) is 0. The third-order valence-electron chi connectivity index (χ3n) is 2.60. The number of benzene rings is 1. The molecule has 0 bridgehead atoms. The Balaban J connectivity index is 2.60. The summed E-state index contributed by atoms with van der Waals surface area (Å²) in [6.45, 7) is 4.53. The second kappa shape index (κ2) is 8.17. The van der Waals surface area contributed by atoms with E-state index in [4.69, 9.17) is 5.11 Å². The maximum atomic E-state index is 11.6. The number of anilines is 1. The first kappa shape index (κ1) is 15.1. The van der Waals surface area contributed by atoms with E-state index in [1.165, 1.54) is 0 Å². The number of aliphatic hydroxyl groups is 1. The lowest BCUT2D eigenvalue weighted by Crippen LogP contribution is -2.29. The Morgan fingerprint density at radius 2 is 2.21 bits per heavy atom. The van der Waals surface area contributed by atoms with Gasteiger partial charge in [-0.05, 0) is 37.1 Å². The molecule has 0 aromatic heterocycles. The molecule has 1 aromatic rings.